The summed E-state index contributed by atoms with van der Waals surface area (Å²) in [6.07, 6.45) is 2.10. The van der Waals surface area contributed by atoms with Crippen LogP contribution in [0.3, 0.4) is 0 Å². The normalized spacial score (nSPS) is 26.7. The van der Waals surface area contributed by atoms with Crippen LogP contribution >= 0.6 is 11.3 Å². The van der Waals surface area contributed by atoms with Crippen LogP contribution in [0.5, 0.6) is 0 Å². The number of carbonyl (C=O) groups excluding carboxylic acids is 1. The fourth-order valence-electron chi connectivity index (χ4n) is 3.14. The molecule has 0 spiro atoms. The molecule has 1 aromatic heterocycles. The van der Waals surface area contributed by atoms with Gasteiger partial charge in [-0.05, 0) is 38.3 Å². The van der Waals surface area contributed by atoms with Gasteiger partial charge in [-0.25, -0.2) is 8.42 Å². The van der Waals surface area contributed by atoms with Gasteiger partial charge in [0.05, 0.1) is 0 Å². The van der Waals surface area contributed by atoms with Crippen LogP contribution in [0.4, 0.5) is 0 Å². The van der Waals surface area contributed by atoms with Crippen molar-refractivity contribution in [3.05, 3.63) is 17.0 Å². The third kappa shape index (κ3) is 2.80. The van der Waals surface area contributed by atoms with E-state index in [4.69, 9.17) is 5.73 Å². The second-order valence-corrected chi connectivity index (χ2v) is 9.38. The zero-order valence-corrected chi connectivity index (χ0v) is 14.2. The van der Waals surface area contributed by atoms with E-state index in [1.54, 1.807) is 17.0 Å². The number of hydrogen-bond acceptors (Lipinski definition) is 5. The first-order chi connectivity index (χ1) is 10.4. The lowest BCUT2D eigenvalue weighted by atomic mass is 10.2. The highest BCUT2D eigenvalue weighted by Crippen LogP contribution is 2.31. The number of likely N-dealkylation sites (tertiary alicyclic amines) is 1. The van der Waals surface area contributed by atoms with Gasteiger partial charge in [0, 0.05) is 30.6 Å². The molecule has 8 heteroatoms. The van der Waals surface area contributed by atoms with Crippen LogP contribution < -0.4 is 5.73 Å². The fraction of sp³-hybridized carbons (Fsp3) is 0.643. The zero-order valence-electron chi connectivity index (χ0n) is 12.6. The highest BCUT2D eigenvalue weighted by atomic mass is 32.2. The summed E-state index contributed by atoms with van der Waals surface area (Å²) in [5.41, 5.74) is 5.85. The van der Waals surface area contributed by atoms with Crippen molar-refractivity contribution in [1.82, 2.24) is 9.21 Å². The Morgan fingerprint density at radius 2 is 2.09 bits per heavy atom. The summed E-state index contributed by atoms with van der Waals surface area (Å²) in [7, 11) is -3.58. The largest absolute Gasteiger partial charge is 0.340 e. The minimum atomic E-state index is -3.58. The van der Waals surface area contributed by atoms with E-state index >= 15 is 0 Å². The van der Waals surface area contributed by atoms with Crippen molar-refractivity contribution in [2.45, 2.75) is 42.5 Å². The van der Waals surface area contributed by atoms with Gasteiger partial charge >= 0.3 is 0 Å². The minimum absolute atomic E-state index is 0.00959. The van der Waals surface area contributed by atoms with Gasteiger partial charge in [-0.2, -0.15) is 4.31 Å². The van der Waals surface area contributed by atoms with Crippen LogP contribution in [0.15, 0.2) is 16.3 Å². The maximum atomic E-state index is 12.8. The SMILES string of the molecule is Cc1ccc(S(=O)(=O)N2CCCC2C(=O)N2CC[C@@H](N)C2)s1. The summed E-state index contributed by atoms with van der Waals surface area (Å²) < 4.78 is 27.3. The Labute approximate surface area is 134 Å². The molecule has 1 aromatic rings. The van der Waals surface area contributed by atoms with Crippen molar-refractivity contribution in [2.24, 2.45) is 5.73 Å². The Hall–Kier alpha value is -0.960. The molecule has 0 aromatic carbocycles. The van der Waals surface area contributed by atoms with Gasteiger partial charge in [0.15, 0.2) is 0 Å². The second-order valence-electron chi connectivity index (χ2n) is 5.97. The standard InChI is InChI=1S/C14H21N3O3S2/c1-10-4-5-13(21-10)22(19,20)17-7-2-3-12(17)14(18)16-8-6-11(15)9-16/h4-5,11-12H,2-3,6-9,15H2,1H3/t11-,12?/m1/s1. The van der Waals surface area contributed by atoms with Crippen LogP contribution in [0.2, 0.25) is 0 Å². The Balaban J connectivity index is 1.82. The van der Waals surface area contributed by atoms with Crippen LogP contribution in [-0.4, -0.2) is 55.2 Å². The molecule has 0 radical (unpaired) electrons. The summed E-state index contributed by atoms with van der Waals surface area (Å²) in [5, 5.41) is 0. The lowest BCUT2D eigenvalue weighted by molar-refractivity contribution is -0.133. The number of hydrogen-bond donors (Lipinski definition) is 1. The lowest BCUT2D eigenvalue weighted by Crippen LogP contribution is -2.47. The maximum Gasteiger partial charge on any atom is 0.253 e. The molecule has 0 aliphatic carbocycles. The predicted molar refractivity (Wildman–Crippen MR) is 85.1 cm³/mol. The third-order valence-corrected chi connectivity index (χ3v) is 7.68. The van der Waals surface area contributed by atoms with Gasteiger partial charge in [0.1, 0.15) is 10.3 Å². The molecular formula is C14H21N3O3S2. The number of carbonyl (C=O) groups is 1. The summed E-state index contributed by atoms with van der Waals surface area (Å²) >= 11 is 1.25. The molecule has 22 heavy (non-hydrogen) atoms. The van der Waals surface area contributed by atoms with E-state index in [1.165, 1.54) is 15.6 Å². The molecule has 2 atom stereocenters. The minimum Gasteiger partial charge on any atom is -0.340 e. The van der Waals surface area contributed by atoms with Crippen molar-refractivity contribution in [3.8, 4) is 0 Å². The van der Waals surface area contributed by atoms with Crippen LogP contribution in [0, 0.1) is 6.92 Å². The number of nitrogens with zero attached hydrogens (tertiary/aromatic N) is 2. The van der Waals surface area contributed by atoms with Crippen molar-refractivity contribution < 1.29 is 13.2 Å². The molecule has 3 heterocycles. The highest BCUT2D eigenvalue weighted by molar-refractivity contribution is 7.91. The molecule has 1 unspecified atom stereocenters. The molecule has 2 fully saturated rings. The summed E-state index contributed by atoms with van der Waals surface area (Å²) in [6.45, 7) is 3.45. The van der Waals surface area contributed by atoms with E-state index < -0.39 is 16.1 Å². The van der Waals surface area contributed by atoms with Crippen molar-refractivity contribution in [3.63, 3.8) is 0 Å². The van der Waals surface area contributed by atoms with Crippen molar-refractivity contribution >= 4 is 27.3 Å². The van der Waals surface area contributed by atoms with Crippen molar-refractivity contribution in [1.29, 1.82) is 0 Å². The van der Waals surface area contributed by atoms with Crippen LogP contribution in [-0.2, 0) is 14.8 Å². The zero-order chi connectivity index (χ0) is 15.9. The molecule has 2 saturated heterocycles. The van der Waals surface area contributed by atoms with E-state index in [2.05, 4.69) is 0 Å². The van der Waals surface area contributed by atoms with E-state index in [1.807, 2.05) is 6.92 Å². The number of amides is 1. The highest BCUT2D eigenvalue weighted by Gasteiger charge is 2.42. The number of thiophene rings is 1. The summed E-state index contributed by atoms with van der Waals surface area (Å²) in [6, 6.07) is 2.86. The summed E-state index contributed by atoms with van der Waals surface area (Å²) in [5.74, 6) is -0.0951. The molecule has 2 aliphatic heterocycles. The predicted octanol–water partition coefficient (Wildman–Crippen LogP) is 0.769. The van der Waals surface area contributed by atoms with E-state index in [-0.39, 0.29) is 11.9 Å². The molecule has 1 amide bonds. The molecule has 0 bridgehead atoms. The van der Waals surface area contributed by atoms with Gasteiger partial charge in [-0.15, -0.1) is 11.3 Å². The van der Waals surface area contributed by atoms with Crippen molar-refractivity contribution in [2.75, 3.05) is 19.6 Å². The Bertz CT molecular complexity index is 671. The molecule has 2 aliphatic rings. The van der Waals surface area contributed by atoms with Crippen LogP contribution in [0.1, 0.15) is 24.1 Å². The second kappa shape index (κ2) is 5.92. The first-order valence-corrected chi connectivity index (χ1v) is 9.78. The Morgan fingerprint density at radius 1 is 1.32 bits per heavy atom. The third-order valence-electron chi connectivity index (χ3n) is 4.30. The van der Waals surface area contributed by atoms with Crippen LogP contribution in [0.25, 0.3) is 0 Å². The fourth-order valence-corrected chi connectivity index (χ4v) is 6.20. The van der Waals surface area contributed by atoms with E-state index in [9.17, 15) is 13.2 Å². The van der Waals surface area contributed by atoms with Gasteiger partial charge in [-0.3, -0.25) is 4.79 Å². The van der Waals surface area contributed by atoms with Gasteiger partial charge in [-0.1, -0.05) is 0 Å². The van der Waals surface area contributed by atoms with Gasteiger partial charge in [0.25, 0.3) is 10.0 Å². The number of aryl methyl sites for hydroxylation is 1. The van der Waals surface area contributed by atoms with E-state index in [0.29, 0.717) is 30.3 Å². The number of sulfonamides is 1. The molecule has 122 valence electrons. The molecular weight excluding hydrogens is 322 g/mol. The number of rotatable bonds is 3. The Morgan fingerprint density at radius 3 is 2.68 bits per heavy atom. The Kier molecular flexibility index (Phi) is 4.28. The average Bonchev–Trinajstić information content (AvgIpc) is 3.17. The topological polar surface area (TPSA) is 83.7 Å². The van der Waals surface area contributed by atoms with E-state index in [0.717, 1.165) is 17.7 Å². The quantitative estimate of drug-likeness (QED) is 0.879. The lowest BCUT2D eigenvalue weighted by Gasteiger charge is -2.26. The monoisotopic (exact) mass is 343 g/mol. The van der Waals surface area contributed by atoms with Gasteiger partial charge in [0.2, 0.25) is 5.91 Å². The smallest absolute Gasteiger partial charge is 0.253 e. The van der Waals surface area contributed by atoms with Gasteiger partial charge < -0.3 is 10.6 Å². The summed E-state index contributed by atoms with van der Waals surface area (Å²) in [4.78, 5) is 15.3. The number of nitrogens with two attached hydrogens (primary N) is 1. The first-order valence-electron chi connectivity index (χ1n) is 7.52. The molecule has 3 rings (SSSR count). The first kappa shape index (κ1) is 15.9. The molecule has 2 N–H and O–H groups in total. The average molecular weight is 343 g/mol. The molecule has 0 saturated carbocycles. The molecule has 6 nitrogen and oxygen atoms in total. The maximum absolute atomic E-state index is 12.8.